The summed E-state index contributed by atoms with van der Waals surface area (Å²) in [5.41, 5.74) is 7.26. The molecule has 1 saturated heterocycles. The number of H-pyrrole nitrogens is 1. The molecule has 3 N–H and O–H groups in total. The predicted octanol–water partition coefficient (Wildman–Crippen LogP) is 3.34. The topological polar surface area (TPSA) is 110 Å². The van der Waals surface area contributed by atoms with Gasteiger partial charge in [-0.05, 0) is 37.3 Å². The Morgan fingerprint density at radius 3 is 2.66 bits per heavy atom. The van der Waals surface area contributed by atoms with Crippen LogP contribution in [0, 0.1) is 11.6 Å². The van der Waals surface area contributed by atoms with Crippen LogP contribution in [0.1, 0.15) is 17.4 Å². The minimum atomic E-state index is -0.686. The molecule has 9 nitrogen and oxygen atoms in total. The van der Waals surface area contributed by atoms with Gasteiger partial charge in [0, 0.05) is 42.0 Å². The Kier molecular flexibility index (Phi) is 5.54. The van der Waals surface area contributed by atoms with Gasteiger partial charge in [0.15, 0.2) is 17.3 Å². The summed E-state index contributed by atoms with van der Waals surface area (Å²) in [4.78, 5) is 28.6. The smallest absolute Gasteiger partial charge is 0.270 e. The van der Waals surface area contributed by atoms with Crippen LogP contribution in [0.3, 0.4) is 0 Å². The summed E-state index contributed by atoms with van der Waals surface area (Å²) in [6.45, 7) is 3.12. The van der Waals surface area contributed by atoms with Crippen LogP contribution in [0.15, 0.2) is 30.3 Å². The standard InChI is InChI=1S/C24H24F2N6O3/c1-12-11-31(23(33)17-9-13-8-14(25)4-5-16(13)28-17)6-7-32(12)24-29-20-15(22(27)30-24)10-18(34-2)21(35-3)19(20)26/h4-5,8-10,12,28H,6-7,11H2,1-3H3,(H2,27,29,30). The van der Waals surface area contributed by atoms with Gasteiger partial charge in [0.1, 0.15) is 22.8 Å². The number of halogens is 2. The maximum Gasteiger partial charge on any atom is 0.270 e. The molecule has 11 heteroatoms. The third kappa shape index (κ3) is 3.82. The minimum Gasteiger partial charge on any atom is -0.493 e. The lowest BCUT2D eigenvalue weighted by molar-refractivity contribution is 0.0720. The van der Waals surface area contributed by atoms with Crippen LogP contribution in [0.4, 0.5) is 20.5 Å². The fourth-order valence-corrected chi connectivity index (χ4v) is 4.49. The van der Waals surface area contributed by atoms with Crippen LogP contribution >= 0.6 is 0 Å². The van der Waals surface area contributed by atoms with Gasteiger partial charge in [-0.2, -0.15) is 4.98 Å². The minimum absolute atomic E-state index is 0.0289. The van der Waals surface area contributed by atoms with Gasteiger partial charge in [0.2, 0.25) is 5.95 Å². The van der Waals surface area contributed by atoms with E-state index in [9.17, 15) is 9.18 Å². The first-order valence-electron chi connectivity index (χ1n) is 11.0. The number of amides is 1. The molecular weight excluding hydrogens is 458 g/mol. The van der Waals surface area contributed by atoms with Gasteiger partial charge in [-0.1, -0.05) is 0 Å². The van der Waals surface area contributed by atoms with E-state index in [2.05, 4.69) is 15.0 Å². The number of fused-ring (bicyclic) bond motifs is 2. The summed E-state index contributed by atoms with van der Waals surface area (Å²) in [6.07, 6.45) is 0. The number of ether oxygens (including phenoxy) is 2. The number of carbonyl (C=O) groups excluding carboxylic acids is 1. The monoisotopic (exact) mass is 482 g/mol. The second-order valence-electron chi connectivity index (χ2n) is 8.44. The van der Waals surface area contributed by atoms with Gasteiger partial charge in [-0.25, -0.2) is 13.8 Å². The molecule has 5 rings (SSSR count). The van der Waals surface area contributed by atoms with Gasteiger partial charge in [-0.15, -0.1) is 0 Å². The maximum absolute atomic E-state index is 15.2. The van der Waals surface area contributed by atoms with Crippen molar-refractivity contribution in [1.82, 2.24) is 19.9 Å². The van der Waals surface area contributed by atoms with E-state index in [-0.39, 0.29) is 46.5 Å². The molecule has 1 atom stereocenters. The second-order valence-corrected chi connectivity index (χ2v) is 8.44. The zero-order valence-electron chi connectivity index (χ0n) is 19.4. The summed E-state index contributed by atoms with van der Waals surface area (Å²) in [5, 5.41) is 0.953. The predicted molar refractivity (Wildman–Crippen MR) is 128 cm³/mol. The van der Waals surface area contributed by atoms with Crippen molar-refractivity contribution in [1.29, 1.82) is 0 Å². The van der Waals surface area contributed by atoms with E-state index in [4.69, 9.17) is 15.2 Å². The van der Waals surface area contributed by atoms with Crippen molar-refractivity contribution >= 4 is 39.5 Å². The van der Waals surface area contributed by atoms with Gasteiger partial charge in [0.25, 0.3) is 5.91 Å². The van der Waals surface area contributed by atoms with E-state index in [1.54, 1.807) is 23.1 Å². The normalized spacial score (nSPS) is 16.2. The van der Waals surface area contributed by atoms with Gasteiger partial charge >= 0.3 is 0 Å². The van der Waals surface area contributed by atoms with Crippen LogP contribution in [0.2, 0.25) is 0 Å². The van der Waals surface area contributed by atoms with Crippen LogP contribution in [-0.2, 0) is 0 Å². The van der Waals surface area contributed by atoms with E-state index < -0.39 is 5.82 Å². The molecule has 1 aliphatic heterocycles. The Balaban J connectivity index is 1.41. The molecule has 35 heavy (non-hydrogen) atoms. The number of carbonyl (C=O) groups is 1. The van der Waals surface area contributed by atoms with Gasteiger partial charge < -0.3 is 30.0 Å². The van der Waals surface area contributed by atoms with E-state index in [0.717, 1.165) is 0 Å². The van der Waals surface area contributed by atoms with Crippen LogP contribution < -0.4 is 20.1 Å². The Bertz CT molecular complexity index is 1460. The Morgan fingerprint density at radius 2 is 1.94 bits per heavy atom. The summed E-state index contributed by atoms with van der Waals surface area (Å²) in [5.74, 6) is -0.724. The van der Waals surface area contributed by atoms with Crippen molar-refractivity contribution in [2.45, 2.75) is 13.0 Å². The quantitative estimate of drug-likeness (QED) is 0.459. The fraction of sp³-hybridized carbons (Fsp3) is 0.292. The number of benzene rings is 2. The molecule has 0 radical (unpaired) electrons. The lowest BCUT2D eigenvalue weighted by Crippen LogP contribution is -2.54. The molecule has 3 heterocycles. The SMILES string of the molecule is COc1cc2c(N)nc(N3CCN(C(=O)c4cc5cc(F)ccc5[nH]4)CC3C)nc2c(F)c1OC. The molecule has 0 saturated carbocycles. The lowest BCUT2D eigenvalue weighted by atomic mass is 10.1. The van der Waals surface area contributed by atoms with Gasteiger partial charge in [0.05, 0.1) is 14.2 Å². The molecule has 1 amide bonds. The largest absolute Gasteiger partial charge is 0.493 e. The molecule has 0 bridgehead atoms. The number of aromatic nitrogens is 3. The number of nitrogens with zero attached hydrogens (tertiary/aromatic N) is 4. The average Bonchev–Trinajstić information content (AvgIpc) is 3.26. The highest BCUT2D eigenvalue weighted by Crippen LogP contribution is 2.37. The number of nitrogen functional groups attached to an aromatic ring is 1. The summed E-state index contributed by atoms with van der Waals surface area (Å²) in [7, 11) is 2.76. The molecule has 4 aromatic rings. The number of nitrogens with one attached hydrogen (secondary N) is 1. The summed E-state index contributed by atoms with van der Waals surface area (Å²) < 4.78 is 39.0. The average molecular weight is 482 g/mol. The fourth-order valence-electron chi connectivity index (χ4n) is 4.49. The van der Waals surface area contributed by atoms with Crippen molar-refractivity contribution in [2.75, 3.05) is 44.5 Å². The molecule has 1 unspecified atom stereocenters. The number of methoxy groups -OCH3 is 2. The number of aromatic amines is 1. The number of piperazine rings is 1. The summed E-state index contributed by atoms with van der Waals surface area (Å²) >= 11 is 0. The molecule has 2 aromatic heterocycles. The van der Waals surface area contributed by atoms with Crippen LogP contribution in [-0.4, -0.2) is 65.7 Å². The Morgan fingerprint density at radius 1 is 1.14 bits per heavy atom. The first-order chi connectivity index (χ1) is 16.8. The first kappa shape index (κ1) is 22.6. The number of nitrogens with two attached hydrogens (primary N) is 1. The molecule has 0 aliphatic carbocycles. The molecule has 182 valence electrons. The molecule has 2 aromatic carbocycles. The Hall–Kier alpha value is -4.15. The van der Waals surface area contributed by atoms with Crippen molar-refractivity contribution in [3.05, 3.63) is 47.7 Å². The third-order valence-corrected chi connectivity index (χ3v) is 6.28. The van der Waals surface area contributed by atoms with E-state index >= 15 is 4.39 Å². The highest BCUT2D eigenvalue weighted by atomic mass is 19.1. The number of rotatable bonds is 4. The van der Waals surface area contributed by atoms with Crippen molar-refractivity contribution in [3.63, 3.8) is 0 Å². The van der Waals surface area contributed by atoms with Crippen molar-refractivity contribution in [2.24, 2.45) is 0 Å². The van der Waals surface area contributed by atoms with E-state index in [1.165, 1.54) is 26.4 Å². The van der Waals surface area contributed by atoms with Crippen molar-refractivity contribution in [3.8, 4) is 11.5 Å². The van der Waals surface area contributed by atoms with E-state index in [0.29, 0.717) is 41.6 Å². The molecule has 1 aliphatic rings. The zero-order valence-corrected chi connectivity index (χ0v) is 19.4. The molecule has 0 spiro atoms. The summed E-state index contributed by atoms with van der Waals surface area (Å²) in [6, 6.07) is 7.35. The number of hydrogen-bond donors (Lipinski definition) is 2. The second kappa shape index (κ2) is 8.57. The van der Waals surface area contributed by atoms with Crippen LogP contribution in [0.5, 0.6) is 11.5 Å². The Labute approximate surface area is 199 Å². The van der Waals surface area contributed by atoms with Crippen molar-refractivity contribution < 1.29 is 23.0 Å². The maximum atomic E-state index is 15.2. The lowest BCUT2D eigenvalue weighted by Gasteiger charge is -2.39. The number of anilines is 2. The molecule has 1 fully saturated rings. The highest BCUT2D eigenvalue weighted by molar-refractivity contribution is 5.98. The van der Waals surface area contributed by atoms with E-state index in [1.807, 2.05) is 11.8 Å². The van der Waals surface area contributed by atoms with Crippen LogP contribution in [0.25, 0.3) is 21.8 Å². The zero-order chi connectivity index (χ0) is 24.9. The third-order valence-electron chi connectivity index (χ3n) is 6.28. The first-order valence-corrected chi connectivity index (χ1v) is 11.0. The van der Waals surface area contributed by atoms with Gasteiger partial charge in [-0.3, -0.25) is 4.79 Å². The molecular formula is C24H24F2N6O3. The highest BCUT2D eigenvalue weighted by Gasteiger charge is 2.30. The number of hydrogen-bond acceptors (Lipinski definition) is 7.